The average molecular weight is 292 g/mol. The number of fused-ring (bicyclic) bond motifs is 4. The maximum atomic E-state index is 4.75. The van der Waals surface area contributed by atoms with Crippen molar-refractivity contribution in [1.29, 1.82) is 0 Å². The summed E-state index contributed by atoms with van der Waals surface area (Å²) in [5, 5.41) is 3.68. The summed E-state index contributed by atoms with van der Waals surface area (Å²) in [7, 11) is 3.65. The first kappa shape index (κ1) is 10.9. The Bertz CT molecular complexity index is 933. The van der Waals surface area contributed by atoms with E-state index in [1.165, 1.54) is 25.9 Å². The number of hydrogen-bond acceptors (Lipinski definition) is 4. The predicted octanol–water partition coefficient (Wildman–Crippen LogP) is 5.05. The second kappa shape index (κ2) is 3.87. The third-order valence-corrected chi connectivity index (χ3v) is 6.15. The van der Waals surface area contributed by atoms with Gasteiger partial charge in [-0.15, -0.1) is 0 Å². The van der Waals surface area contributed by atoms with Gasteiger partial charge in [0.1, 0.15) is 0 Å². The van der Waals surface area contributed by atoms with E-state index < -0.39 is 0 Å². The summed E-state index contributed by atoms with van der Waals surface area (Å²) in [6.45, 7) is 0. The molecule has 5 rings (SSSR count). The van der Waals surface area contributed by atoms with Gasteiger partial charge in [-0.3, -0.25) is 0 Å². The Kier molecular flexibility index (Phi) is 2.12. The average Bonchev–Trinajstić information content (AvgIpc) is 2.94. The second-order valence-electron chi connectivity index (χ2n) is 4.78. The molecule has 2 aromatic heterocycles. The fourth-order valence-electron chi connectivity index (χ4n) is 2.72. The van der Waals surface area contributed by atoms with Gasteiger partial charge in [-0.25, -0.2) is 9.97 Å². The van der Waals surface area contributed by atoms with Crippen molar-refractivity contribution < 1.29 is 0 Å². The molecule has 0 unspecified atom stereocenters. The van der Waals surface area contributed by atoms with Crippen LogP contribution in [0.15, 0.2) is 58.3 Å². The normalized spacial score (nSPS) is 13.6. The molecule has 0 aliphatic carbocycles. The summed E-state index contributed by atoms with van der Waals surface area (Å²) in [6, 6.07) is 16.6. The van der Waals surface area contributed by atoms with Crippen molar-refractivity contribution in [2.24, 2.45) is 0 Å². The summed E-state index contributed by atoms with van der Waals surface area (Å²) in [5.41, 5.74) is 2.92. The van der Waals surface area contributed by atoms with Crippen LogP contribution in [-0.4, -0.2) is 9.97 Å². The minimum Gasteiger partial charge on any atom is -0.228 e. The predicted molar refractivity (Wildman–Crippen MR) is 86.3 cm³/mol. The van der Waals surface area contributed by atoms with Gasteiger partial charge in [0.25, 0.3) is 0 Å². The van der Waals surface area contributed by atoms with E-state index in [1.54, 1.807) is 0 Å². The van der Waals surface area contributed by atoms with Crippen LogP contribution in [0.1, 0.15) is 0 Å². The van der Waals surface area contributed by atoms with Gasteiger partial charge in [-0.1, -0.05) is 58.0 Å². The van der Waals surface area contributed by atoms with Gasteiger partial charge >= 0.3 is 0 Å². The Hall–Kier alpha value is -1.78. The fourth-order valence-corrected chi connectivity index (χ4v) is 5.57. The molecule has 94 valence electrons. The van der Waals surface area contributed by atoms with E-state index in [9.17, 15) is 0 Å². The zero-order chi connectivity index (χ0) is 13.1. The first-order valence-corrected chi connectivity index (χ1v) is 8.52. The fraction of sp³-hybridized carbons (Fsp3) is 0. The molecule has 4 aromatic rings. The first-order valence-electron chi connectivity index (χ1n) is 6.37. The minimum atomic E-state index is 0.866. The third kappa shape index (κ3) is 1.33. The van der Waals surface area contributed by atoms with E-state index in [2.05, 4.69) is 36.4 Å². The number of pyridine rings is 2. The molecule has 20 heavy (non-hydrogen) atoms. The standard InChI is InChI=1S/C16H8N2S2/c1-3-7-11-9(5-1)14-13-15(20-19-14)10-6-2-4-8-12(10)18-16(13)17-11/h1-8H. The number of aromatic nitrogens is 2. The summed E-state index contributed by atoms with van der Waals surface area (Å²) in [5.74, 6) is 0. The molecule has 3 heterocycles. The molecule has 0 atom stereocenters. The van der Waals surface area contributed by atoms with Gasteiger partial charge in [-0.2, -0.15) is 0 Å². The van der Waals surface area contributed by atoms with Crippen molar-refractivity contribution in [3.63, 3.8) is 0 Å². The molecule has 0 saturated heterocycles. The van der Waals surface area contributed by atoms with E-state index in [0.717, 1.165) is 16.7 Å². The Morgan fingerprint density at radius 2 is 1.15 bits per heavy atom. The van der Waals surface area contributed by atoms with E-state index >= 15 is 0 Å². The molecule has 0 amide bonds. The molecule has 2 aromatic carbocycles. The van der Waals surface area contributed by atoms with Gasteiger partial charge in [0.05, 0.1) is 11.0 Å². The summed E-state index contributed by atoms with van der Waals surface area (Å²) in [4.78, 5) is 12.1. The highest BCUT2D eigenvalue weighted by atomic mass is 33.1. The van der Waals surface area contributed by atoms with Crippen LogP contribution in [0.4, 0.5) is 0 Å². The lowest BCUT2D eigenvalue weighted by molar-refractivity contribution is 1.33. The molecule has 1 aliphatic rings. The molecular formula is C16H8N2S2. The second-order valence-corrected chi connectivity index (χ2v) is 6.93. The van der Waals surface area contributed by atoms with Crippen LogP contribution in [0, 0.1) is 0 Å². The molecule has 1 aliphatic heterocycles. The molecular weight excluding hydrogens is 284 g/mol. The highest BCUT2D eigenvalue weighted by Crippen LogP contribution is 2.55. The number of benzene rings is 2. The summed E-state index contributed by atoms with van der Waals surface area (Å²) in [6.07, 6.45) is 0. The Morgan fingerprint density at radius 3 is 1.70 bits per heavy atom. The van der Waals surface area contributed by atoms with Crippen molar-refractivity contribution in [3.05, 3.63) is 48.5 Å². The van der Waals surface area contributed by atoms with Gasteiger partial charge in [0.2, 0.25) is 0 Å². The number of para-hydroxylation sites is 2. The minimum absolute atomic E-state index is 0.866. The van der Waals surface area contributed by atoms with Crippen LogP contribution in [0.25, 0.3) is 32.8 Å². The van der Waals surface area contributed by atoms with E-state index in [1.807, 2.05) is 33.7 Å². The molecule has 2 nitrogen and oxygen atoms in total. The molecule has 0 saturated carbocycles. The zero-order valence-corrected chi connectivity index (χ0v) is 12.0. The maximum Gasteiger partial charge on any atom is 0.162 e. The van der Waals surface area contributed by atoms with Crippen LogP contribution < -0.4 is 0 Å². The van der Waals surface area contributed by atoms with E-state index in [0.29, 0.717) is 0 Å². The zero-order valence-electron chi connectivity index (χ0n) is 10.3. The lowest BCUT2D eigenvalue weighted by Crippen LogP contribution is -1.90. The Labute approximate surface area is 123 Å². The van der Waals surface area contributed by atoms with Crippen LogP contribution >= 0.6 is 21.6 Å². The van der Waals surface area contributed by atoms with Crippen LogP contribution in [0.3, 0.4) is 0 Å². The number of hydrogen-bond donors (Lipinski definition) is 0. The summed E-state index contributed by atoms with van der Waals surface area (Å²) < 4.78 is 0. The highest BCUT2D eigenvalue weighted by Gasteiger charge is 2.23. The third-order valence-electron chi connectivity index (χ3n) is 3.64. The molecule has 0 bridgehead atoms. The smallest absolute Gasteiger partial charge is 0.162 e. The quantitative estimate of drug-likeness (QED) is 0.334. The van der Waals surface area contributed by atoms with Crippen molar-refractivity contribution in [3.8, 4) is 0 Å². The van der Waals surface area contributed by atoms with Crippen molar-refractivity contribution in [2.75, 3.05) is 0 Å². The summed E-state index contributed by atoms with van der Waals surface area (Å²) >= 11 is 0. The lowest BCUT2D eigenvalue weighted by atomic mass is 10.1. The molecule has 4 heteroatoms. The highest BCUT2D eigenvalue weighted by molar-refractivity contribution is 8.77. The number of nitrogens with zero attached hydrogens (tertiary/aromatic N) is 2. The van der Waals surface area contributed by atoms with Crippen LogP contribution in [0.5, 0.6) is 0 Å². The van der Waals surface area contributed by atoms with E-state index in [-0.39, 0.29) is 0 Å². The van der Waals surface area contributed by atoms with E-state index in [4.69, 9.17) is 9.97 Å². The number of rotatable bonds is 0. The largest absolute Gasteiger partial charge is 0.228 e. The van der Waals surface area contributed by atoms with Gasteiger partial charge in [0, 0.05) is 25.9 Å². The van der Waals surface area contributed by atoms with Gasteiger partial charge in [-0.05, 0) is 12.1 Å². The lowest BCUT2D eigenvalue weighted by Gasteiger charge is -2.06. The van der Waals surface area contributed by atoms with Gasteiger partial charge in [0.15, 0.2) is 5.65 Å². The maximum absolute atomic E-state index is 4.75. The molecule has 0 N–H and O–H groups in total. The van der Waals surface area contributed by atoms with Crippen LogP contribution in [-0.2, 0) is 0 Å². The molecule has 0 fully saturated rings. The monoisotopic (exact) mass is 292 g/mol. The first-order chi connectivity index (χ1) is 9.92. The SMILES string of the molecule is c1ccc2c3c4c(c5ccccc5nc4nc2c1)SS3. The molecule has 0 spiro atoms. The molecule has 0 radical (unpaired) electrons. The Morgan fingerprint density at radius 1 is 0.650 bits per heavy atom. The Balaban J connectivity index is 2.11. The van der Waals surface area contributed by atoms with Crippen molar-refractivity contribution >= 4 is 54.4 Å². The van der Waals surface area contributed by atoms with Crippen LogP contribution in [0.2, 0.25) is 0 Å². The van der Waals surface area contributed by atoms with Crippen molar-refractivity contribution in [1.82, 2.24) is 9.97 Å². The van der Waals surface area contributed by atoms with Crippen molar-refractivity contribution in [2.45, 2.75) is 9.79 Å². The topological polar surface area (TPSA) is 25.8 Å². The van der Waals surface area contributed by atoms with Gasteiger partial charge < -0.3 is 0 Å².